The van der Waals surface area contributed by atoms with Crippen LogP contribution < -0.4 is 23.8 Å². The monoisotopic (exact) mass is 487 g/mol. The van der Waals surface area contributed by atoms with Crippen molar-refractivity contribution in [3.05, 3.63) is 83.4 Å². The van der Waals surface area contributed by atoms with Gasteiger partial charge in [0.1, 0.15) is 17.3 Å². The molecule has 2 aliphatic rings. The first-order chi connectivity index (χ1) is 17.5. The van der Waals surface area contributed by atoms with Crippen molar-refractivity contribution >= 4 is 23.1 Å². The summed E-state index contributed by atoms with van der Waals surface area (Å²) in [5.41, 5.74) is 1.44. The molecule has 0 radical (unpaired) electrons. The number of Topliss-reactive ketones (excluding diaryl/α,β-unsaturated/α-hetero) is 1. The number of aliphatic hydroxyl groups excluding tert-OH is 1. The molecule has 1 saturated heterocycles. The van der Waals surface area contributed by atoms with E-state index < -0.39 is 17.7 Å². The van der Waals surface area contributed by atoms with Gasteiger partial charge in [-0.05, 0) is 67.9 Å². The van der Waals surface area contributed by atoms with E-state index in [1.807, 2.05) is 13.8 Å². The Labute approximate surface area is 208 Å². The van der Waals surface area contributed by atoms with Gasteiger partial charge in [0, 0.05) is 17.3 Å². The summed E-state index contributed by atoms with van der Waals surface area (Å²) in [4.78, 5) is 28.1. The minimum atomic E-state index is -0.891. The van der Waals surface area contributed by atoms with Gasteiger partial charge in [-0.25, -0.2) is 0 Å². The standard InChI is InChI=1S/C28H25NO7/c1-3-33-20-11-8-17(9-12-20)26(30)24-25(18-6-5-7-21(14-18)34-4-2)29(28(32)27(24)31)19-10-13-22-23(15-19)36-16-35-22/h5-15,25,30H,3-4,16H2,1-2H3/b26-24+. The quantitative estimate of drug-likeness (QED) is 0.290. The van der Waals surface area contributed by atoms with Crippen LogP contribution in [0.3, 0.4) is 0 Å². The number of nitrogens with zero attached hydrogens (tertiary/aromatic N) is 1. The van der Waals surface area contributed by atoms with Crippen LogP contribution in [0.15, 0.2) is 72.3 Å². The van der Waals surface area contributed by atoms with Crippen LogP contribution >= 0.6 is 0 Å². The van der Waals surface area contributed by atoms with Gasteiger partial charge in [-0.1, -0.05) is 12.1 Å². The number of hydrogen-bond donors (Lipinski definition) is 1. The molecule has 1 N–H and O–H groups in total. The summed E-state index contributed by atoms with van der Waals surface area (Å²) < 4.78 is 22.0. The normalized spacial score (nSPS) is 17.9. The molecule has 1 fully saturated rings. The molecule has 8 heteroatoms. The molecule has 0 aromatic heterocycles. The van der Waals surface area contributed by atoms with Crippen LogP contribution in [0.2, 0.25) is 0 Å². The molecular formula is C28H25NO7. The summed E-state index contributed by atoms with van der Waals surface area (Å²) in [6.45, 7) is 4.79. The Hall–Kier alpha value is -4.46. The van der Waals surface area contributed by atoms with Crippen molar-refractivity contribution in [1.82, 2.24) is 0 Å². The van der Waals surface area contributed by atoms with Crippen molar-refractivity contribution in [3.63, 3.8) is 0 Å². The molecule has 1 amide bonds. The van der Waals surface area contributed by atoms with Crippen LogP contribution in [0.4, 0.5) is 5.69 Å². The first-order valence-corrected chi connectivity index (χ1v) is 11.7. The Morgan fingerprint density at radius 2 is 1.64 bits per heavy atom. The van der Waals surface area contributed by atoms with Gasteiger partial charge < -0.3 is 24.1 Å². The van der Waals surface area contributed by atoms with E-state index in [0.717, 1.165) is 0 Å². The van der Waals surface area contributed by atoms with Crippen molar-refractivity contribution in [1.29, 1.82) is 0 Å². The molecule has 8 nitrogen and oxygen atoms in total. The zero-order valence-electron chi connectivity index (χ0n) is 19.9. The highest BCUT2D eigenvalue weighted by Crippen LogP contribution is 2.45. The molecule has 184 valence electrons. The lowest BCUT2D eigenvalue weighted by Gasteiger charge is -2.26. The average Bonchev–Trinajstić information content (AvgIpc) is 3.46. The number of hydrogen-bond acceptors (Lipinski definition) is 7. The molecule has 0 saturated carbocycles. The summed E-state index contributed by atoms with van der Waals surface area (Å²) in [5.74, 6) is 0.441. The number of amides is 1. The number of ether oxygens (including phenoxy) is 4. The van der Waals surface area contributed by atoms with E-state index in [4.69, 9.17) is 18.9 Å². The molecule has 1 atom stereocenters. The van der Waals surface area contributed by atoms with Crippen molar-refractivity contribution in [2.45, 2.75) is 19.9 Å². The second-order valence-corrected chi connectivity index (χ2v) is 8.17. The Morgan fingerprint density at radius 3 is 2.39 bits per heavy atom. The van der Waals surface area contributed by atoms with Gasteiger partial charge in [0.25, 0.3) is 11.7 Å². The first-order valence-electron chi connectivity index (χ1n) is 11.7. The summed E-state index contributed by atoms with van der Waals surface area (Å²) in [6.07, 6.45) is 0. The predicted octanol–water partition coefficient (Wildman–Crippen LogP) is 4.84. The summed E-state index contributed by atoms with van der Waals surface area (Å²) in [6, 6.07) is 18.0. The number of ketones is 1. The zero-order chi connectivity index (χ0) is 25.2. The summed E-state index contributed by atoms with van der Waals surface area (Å²) in [7, 11) is 0. The molecule has 0 aliphatic carbocycles. The number of carbonyl (C=O) groups excluding carboxylic acids is 2. The van der Waals surface area contributed by atoms with Crippen LogP contribution in [0.5, 0.6) is 23.0 Å². The highest BCUT2D eigenvalue weighted by Gasteiger charge is 2.47. The van der Waals surface area contributed by atoms with Gasteiger partial charge in [-0.15, -0.1) is 0 Å². The fourth-order valence-electron chi connectivity index (χ4n) is 4.42. The van der Waals surface area contributed by atoms with Crippen molar-refractivity contribution in [2.24, 2.45) is 0 Å². The summed E-state index contributed by atoms with van der Waals surface area (Å²) >= 11 is 0. The number of fused-ring (bicyclic) bond motifs is 1. The van der Waals surface area contributed by atoms with Crippen LogP contribution in [0, 0.1) is 0 Å². The lowest BCUT2D eigenvalue weighted by molar-refractivity contribution is -0.132. The van der Waals surface area contributed by atoms with E-state index in [-0.39, 0.29) is 18.1 Å². The van der Waals surface area contributed by atoms with Crippen molar-refractivity contribution in [3.8, 4) is 23.0 Å². The van der Waals surface area contributed by atoms with Crippen LogP contribution in [0.25, 0.3) is 5.76 Å². The first kappa shape index (κ1) is 23.3. The lowest BCUT2D eigenvalue weighted by Crippen LogP contribution is -2.29. The van der Waals surface area contributed by atoms with E-state index in [1.165, 1.54) is 4.90 Å². The maximum Gasteiger partial charge on any atom is 0.300 e. The van der Waals surface area contributed by atoms with Crippen LogP contribution in [-0.2, 0) is 9.59 Å². The van der Waals surface area contributed by atoms with Gasteiger partial charge in [0.15, 0.2) is 11.5 Å². The summed E-state index contributed by atoms with van der Waals surface area (Å²) in [5, 5.41) is 11.3. The highest BCUT2D eigenvalue weighted by molar-refractivity contribution is 6.51. The highest BCUT2D eigenvalue weighted by atomic mass is 16.7. The Balaban J connectivity index is 1.66. The number of benzene rings is 3. The minimum absolute atomic E-state index is 0.0181. The number of carbonyl (C=O) groups is 2. The van der Waals surface area contributed by atoms with E-state index in [2.05, 4.69) is 0 Å². The molecule has 3 aromatic rings. The molecular weight excluding hydrogens is 462 g/mol. The third-order valence-electron chi connectivity index (χ3n) is 6.00. The molecule has 2 heterocycles. The van der Waals surface area contributed by atoms with Crippen molar-refractivity contribution < 1.29 is 33.6 Å². The molecule has 0 bridgehead atoms. The van der Waals surface area contributed by atoms with Gasteiger partial charge >= 0.3 is 0 Å². The fraction of sp³-hybridized carbons (Fsp3) is 0.214. The van der Waals surface area contributed by atoms with Gasteiger partial charge in [-0.3, -0.25) is 14.5 Å². The topological polar surface area (TPSA) is 94.5 Å². The molecule has 0 spiro atoms. The number of anilines is 1. The maximum atomic E-state index is 13.4. The SMILES string of the molecule is CCOc1ccc(/C(O)=C2\C(=O)C(=O)N(c3ccc4c(c3)OCO4)C2c2cccc(OCC)c2)cc1. The maximum absolute atomic E-state index is 13.4. The van der Waals surface area contributed by atoms with E-state index in [0.29, 0.717) is 53.0 Å². The van der Waals surface area contributed by atoms with E-state index in [9.17, 15) is 14.7 Å². The fourth-order valence-corrected chi connectivity index (χ4v) is 4.42. The third kappa shape index (κ3) is 4.11. The van der Waals surface area contributed by atoms with E-state index >= 15 is 0 Å². The minimum Gasteiger partial charge on any atom is -0.507 e. The van der Waals surface area contributed by atoms with Gasteiger partial charge in [0.2, 0.25) is 6.79 Å². The molecule has 36 heavy (non-hydrogen) atoms. The molecule has 3 aromatic carbocycles. The van der Waals surface area contributed by atoms with Gasteiger partial charge in [-0.2, -0.15) is 0 Å². The molecule has 1 unspecified atom stereocenters. The predicted molar refractivity (Wildman–Crippen MR) is 133 cm³/mol. The zero-order valence-corrected chi connectivity index (χ0v) is 19.9. The Morgan fingerprint density at radius 1 is 0.917 bits per heavy atom. The average molecular weight is 488 g/mol. The van der Waals surface area contributed by atoms with E-state index in [1.54, 1.807) is 66.7 Å². The second-order valence-electron chi connectivity index (χ2n) is 8.17. The van der Waals surface area contributed by atoms with Crippen LogP contribution in [0.1, 0.15) is 31.0 Å². The van der Waals surface area contributed by atoms with Crippen molar-refractivity contribution in [2.75, 3.05) is 24.9 Å². The Kier molecular flexibility index (Phi) is 6.25. The molecule has 5 rings (SSSR count). The second kappa shape index (κ2) is 9.65. The van der Waals surface area contributed by atoms with Crippen LogP contribution in [-0.4, -0.2) is 36.8 Å². The smallest absolute Gasteiger partial charge is 0.300 e. The third-order valence-corrected chi connectivity index (χ3v) is 6.00. The largest absolute Gasteiger partial charge is 0.507 e. The Bertz CT molecular complexity index is 1350. The number of aliphatic hydroxyl groups is 1. The number of rotatable bonds is 7. The molecule has 2 aliphatic heterocycles. The lowest BCUT2D eigenvalue weighted by atomic mass is 9.95. The van der Waals surface area contributed by atoms with Gasteiger partial charge in [0.05, 0.1) is 24.8 Å².